The lowest BCUT2D eigenvalue weighted by Gasteiger charge is -2.41. The average molecular weight is 617 g/mol. The summed E-state index contributed by atoms with van der Waals surface area (Å²) in [5, 5.41) is 10.9. The van der Waals surface area contributed by atoms with Crippen molar-refractivity contribution in [3.05, 3.63) is 170 Å². The van der Waals surface area contributed by atoms with E-state index in [0.29, 0.717) is 0 Å². The number of rotatable bonds is 4. The minimum absolute atomic E-state index is 0.774. The average Bonchev–Trinajstić information content (AvgIpc) is 3.74. The van der Waals surface area contributed by atoms with Crippen LogP contribution < -0.4 is 9.91 Å². The van der Waals surface area contributed by atoms with E-state index >= 15 is 0 Å². The minimum atomic E-state index is 0.774. The number of pyridine rings is 1. The molecule has 0 amide bonds. The summed E-state index contributed by atoms with van der Waals surface area (Å²) in [6, 6.07) is 57.3. The molecule has 9 aromatic rings. The van der Waals surface area contributed by atoms with Crippen LogP contribution in [0.1, 0.15) is 0 Å². The van der Waals surface area contributed by atoms with E-state index in [4.69, 9.17) is 10.1 Å². The molecular weight excluding hydrogens is 589 g/mol. The second kappa shape index (κ2) is 10.4. The Balaban J connectivity index is 1.25. The zero-order valence-electron chi connectivity index (χ0n) is 25.8. The molecular formula is C42H28N6. The first-order chi connectivity index (χ1) is 23.8. The van der Waals surface area contributed by atoms with Gasteiger partial charge in [0.2, 0.25) is 0 Å². The van der Waals surface area contributed by atoms with E-state index in [2.05, 4.69) is 148 Å². The lowest BCUT2D eigenvalue weighted by molar-refractivity contribution is 0.861. The van der Waals surface area contributed by atoms with Gasteiger partial charge < -0.3 is 4.90 Å². The first kappa shape index (κ1) is 26.5. The normalized spacial score (nSPS) is 12.5. The Hall–Kier alpha value is -6.66. The third-order valence-electron chi connectivity index (χ3n) is 9.25. The molecule has 0 fully saturated rings. The molecule has 4 heterocycles. The van der Waals surface area contributed by atoms with Gasteiger partial charge in [-0.3, -0.25) is 0 Å². The summed E-state index contributed by atoms with van der Waals surface area (Å²) < 4.78 is 4.29. The van der Waals surface area contributed by atoms with Crippen molar-refractivity contribution >= 4 is 61.1 Å². The van der Waals surface area contributed by atoms with Crippen molar-refractivity contribution in [2.75, 3.05) is 9.91 Å². The fourth-order valence-electron chi connectivity index (χ4n) is 7.17. The van der Waals surface area contributed by atoms with Crippen molar-refractivity contribution in [2.45, 2.75) is 0 Å². The van der Waals surface area contributed by atoms with Crippen LogP contribution in [0.5, 0.6) is 0 Å². The van der Waals surface area contributed by atoms with Gasteiger partial charge in [-0.05, 0) is 66.7 Å². The number of para-hydroxylation sites is 6. The molecule has 48 heavy (non-hydrogen) atoms. The zero-order chi connectivity index (χ0) is 31.6. The first-order valence-electron chi connectivity index (χ1n) is 16.1. The molecule has 0 N–H and O–H groups in total. The van der Waals surface area contributed by atoms with Crippen LogP contribution in [0, 0.1) is 0 Å². The molecule has 0 saturated heterocycles. The van der Waals surface area contributed by atoms with E-state index in [9.17, 15) is 0 Å². The van der Waals surface area contributed by atoms with Crippen molar-refractivity contribution in [3.8, 4) is 17.1 Å². The van der Waals surface area contributed by atoms with Gasteiger partial charge in [0.25, 0.3) is 0 Å². The minimum Gasteiger partial charge on any atom is -0.306 e. The van der Waals surface area contributed by atoms with Gasteiger partial charge in [0.05, 0.1) is 45.0 Å². The van der Waals surface area contributed by atoms with Crippen molar-refractivity contribution < 1.29 is 0 Å². The van der Waals surface area contributed by atoms with Crippen molar-refractivity contribution in [3.63, 3.8) is 0 Å². The van der Waals surface area contributed by atoms with Crippen LogP contribution in [-0.4, -0.2) is 19.4 Å². The number of anilines is 5. The summed E-state index contributed by atoms with van der Waals surface area (Å²) in [6.45, 7) is 0. The summed E-state index contributed by atoms with van der Waals surface area (Å²) in [7, 11) is 0. The molecule has 10 rings (SSSR count). The van der Waals surface area contributed by atoms with Gasteiger partial charge in [0.15, 0.2) is 5.82 Å². The van der Waals surface area contributed by atoms with Crippen molar-refractivity contribution in [1.82, 2.24) is 19.4 Å². The number of hydrogen-bond acceptors (Lipinski definition) is 4. The molecule has 0 aliphatic carbocycles. The third-order valence-corrected chi connectivity index (χ3v) is 9.25. The van der Waals surface area contributed by atoms with Gasteiger partial charge in [0, 0.05) is 33.6 Å². The fourth-order valence-corrected chi connectivity index (χ4v) is 7.17. The SMILES string of the molecule is c1ccc(-c2cccc(-n3cc4c(ccc5c6ccccc6n(N6c7ccccc7N(c7ccccc7)c7ccccc76)c45)n3)n2)cc1. The molecule has 6 aromatic carbocycles. The molecule has 6 nitrogen and oxygen atoms in total. The van der Waals surface area contributed by atoms with Gasteiger partial charge in [0.1, 0.15) is 0 Å². The van der Waals surface area contributed by atoms with Crippen LogP contribution in [-0.2, 0) is 0 Å². The first-order valence-corrected chi connectivity index (χ1v) is 16.1. The molecule has 226 valence electrons. The summed E-state index contributed by atoms with van der Waals surface area (Å²) in [5.41, 5.74) is 10.6. The van der Waals surface area contributed by atoms with E-state index in [-0.39, 0.29) is 0 Å². The number of aromatic nitrogens is 4. The standard InChI is InChI=1S/C42H28N6/c1-3-14-29(15-4-1)34-19-13-25-41(43-34)45-28-33-35(44-45)27-26-32-31-18-7-8-20-36(31)48(42(32)33)47-39-23-11-9-21-37(39)46(30-16-5-2-6-17-30)38-22-10-12-24-40(38)47/h1-28H. The fraction of sp³-hybridized carbons (Fsp3) is 0. The number of hydrogen-bond donors (Lipinski definition) is 0. The quantitative estimate of drug-likeness (QED) is 0.197. The summed E-state index contributed by atoms with van der Waals surface area (Å²) >= 11 is 0. The largest absolute Gasteiger partial charge is 0.306 e. The second-order valence-corrected chi connectivity index (χ2v) is 12.0. The van der Waals surface area contributed by atoms with Gasteiger partial charge in [-0.15, -0.1) is 0 Å². The number of nitrogens with zero attached hydrogens (tertiary/aromatic N) is 6. The smallest absolute Gasteiger partial charge is 0.154 e. The van der Waals surface area contributed by atoms with Gasteiger partial charge in [-0.1, -0.05) is 97.1 Å². The summed E-state index contributed by atoms with van der Waals surface area (Å²) in [5.74, 6) is 0.774. The highest BCUT2D eigenvalue weighted by Crippen LogP contribution is 2.52. The highest BCUT2D eigenvalue weighted by molar-refractivity contribution is 6.18. The molecule has 0 saturated carbocycles. The topological polar surface area (TPSA) is 42.1 Å². The molecule has 0 spiro atoms. The van der Waals surface area contributed by atoms with Crippen LogP contribution in [0.3, 0.4) is 0 Å². The molecule has 0 radical (unpaired) electrons. The maximum atomic E-state index is 5.08. The van der Waals surface area contributed by atoms with Gasteiger partial charge in [-0.2, -0.15) is 5.10 Å². The maximum Gasteiger partial charge on any atom is 0.154 e. The molecule has 1 aliphatic heterocycles. The zero-order valence-corrected chi connectivity index (χ0v) is 25.8. The predicted octanol–water partition coefficient (Wildman–Crippen LogP) is 10.6. The Kier molecular flexibility index (Phi) is 5.77. The highest BCUT2D eigenvalue weighted by atomic mass is 15.6. The van der Waals surface area contributed by atoms with E-state index in [0.717, 1.165) is 67.4 Å². The van der Waals surface area contributed by atoms with Gasteiger partial charge >= 0.3 is 0 Å². The van der Waals surface area contributed by atoms with E-state index < -0.39 is 0 Å². The van der Waals surface area contributed by atoms with Crippen LogP contribution in [0.2, 0.25) is 0 Å². The number of benzene rings is 6. The molecule has 0 unspecified atom stereocenters. The highest BCUT2D eigenvalue weighted by Gasteiger charge is 2.32. The predicted molar refractivity (Wildman–Crippen MR) is 196 cm³/mol. The molecule has 6 heteroatoms. The Bertz CT molecular complexity index is 2590. The van der Waals surface area contributed by atoms with E-state index in [1.807, 2.05) is 41.1 Å². The van der Waals surface area contributed by atoms with Crippen molar-refractivity contribution in [2.24, 2.45) is 0 Å². The maximum absolute atomic E-state index is 5.08. The van der Waals surface area contributed by atoms with Crippen LogP contribution in [0.4, 0.5) is 28.4 Å². The Morgan fingerprint density at radius 2 is 1.10 bits per heavy atom. The summed E-state index contributed by atoms with van der Waals surface area (Å²) in [6.07, 6.45) is 2.13. The third kappa shape index (κ3) is 3.93. The van der Waals surface area contributed by atoms with Gasteiger partial charge in [-0.25, -0.2) is 19.4 Å². The Labute approximate surface area is 276 Å². The van der Waals surface area contributed by atoms with Crippen LogP contribution >= 0.6 is 0 Å². The van der Waals surface area contributed by atoms with E-state index in [1.165, 1.54) is 10.8 Å². The monoisotopic (exact) mass is 616 g/mol. The second-order valence-electron chi connectivity index (χ2n) is 12.0. The molecule has 1 aliphatic rings. The number of fused-ring (bicyclic) bond motifs is 7. The van der Waals surface area contributed by atoms with Crippen molar-refractivity contribution in [1.29, 1.82) is 0 Å². The molecule has 0 atom stereocenters. The van der Waals surface area contributed by atoms with Crippen LogP contribution in [0.25, 0.3) is 49.8 Å². The molecule has 0 bridgehead atoms. The lowest BCUT2D eigenvalue weighted by atomic mass is 10.1. The summed E-state index contributed by atoms with van der Waals surface area (Å²) in [4.78, 5) is 7.37. The van der Waals surface area contributed by atoms with E-state index in [1.54, 1.807) is 0 Å². The van der Waals surface area contributed by atoms with Crippen LogP contribution in [0.15, 0.2) is 170 Å². The Morgan fingerprint density at radius 1 is 0.458 bits per heavy atom. The lowest BCUT2D eigenvalue weighted by Crippen LogP contribution is -2.31. The Morgan fingerprint density at radius 3 is 1.85 bits per heavy atom. The molecule has 3 aromatic heterocycles.